The number of H-pyrrole nitrogens is 1. The lowest BCUT2D eigenvalue weighted by Crippen LogP contribution is -2.38. The predicted octanol–water partition coefficient (Wildman–Crippen LogP) is 4.38. The first-order chi connectivity index (χ1) is 15.6. The van der Waals surface area contributed by atoms with Crippen LogP contribution in [0.15, 0.2) is 41.1 Å². The molecular formula is C25H26N4O3. The van der Waals surface area contributed by atoms with E-state index in [4.69, 9.17) is 14.2 Å². The van der Waals surface area contributed by atoms with Crippen LogP contribution >= 0.6 is 0 Å². The van der Waals surface area contributed by atoms with Crippen LogP contribution in [0.3, 0.4) is 0 Å². The maximum absolute atomic E-state index is 12.4. The molecule has 1 aromatic carbocycles. The molecule has 6 rings (SSSR count). The Morgan fingerprint density at radius 3 is 2.69 bits per heavy atom. The molecule has 164 valence electrons. The number of aliphatic hydroxyl groups is 1. The summed E-state index contributed by atoms with van der Waals surface area (Å²) >= 11 is 0. The summed E-state index contributed by atoms with van der Waals surface area (Å²) in [7, 11) is 0. The van der Waals surface area contributed by atoms with Gasteiger partial charge in [0.25, 0.3) is 0 Å². The fourth-order valence-electron chi connectivity index (χ4n) is 5.04. The van der Waals surface area contributed by atoms with Gasteiger partial charge in [-0.3, -0.25) is 4.98 Å². The molecule has 2 fully saturated rings. The molecule has 4 heterocycles. The molecule has 1 aliphatic carbocycles. The van der Waals surface area contributed by atoms with E-state index in [1.807, 2.05) is 38.1 Å². The van der Waals surface area contributed by atoms with Crippen molar-refractivity contribution in [2.45, 2.75) is 44.6 Å². The van der Waals surface area contributed by atoms with E-state index in [1.54, 1.807) is 6.20 Å². The second-order valence-electron chi connectivity index (χ2n) is 9.06. The summed E-state index contributed by atoms with van der Waals surface area (Å²) in [5.74, 6) is 2.08. The average Bonchev–Trinajstić information content (AvgIpc) is 3.19. The van der Waals surface area contributed by atoms with E-state index in [9.17, 15) is 5.11 Å². The van der Waals surface area contributed by atoms with Gasteiger partial charge in [-0.25, -0.2) is 4.98 Å². The molecule has 2 unspecified atom stereocenters. The van der Waals surface area contributed by atoms with Crippen LogP contribution in [0.4, 0.5) is 0 Å². The van der Waals surface area contributed by atoms with Gasteiger partial charge in [0.05, 0.1) is 29.0 Å². The molecule has 0 radical (unpaired) electrons. The summed E-state index contributed by atoms with van der Waals surface area (Å²) in [4.78, 5) is 13.1. The van der Waals surface area contributed by atoms with Gasteiger partial charge >= 0.3 is 0 Å². The first kappa shape index (κ1) is 19.6. The quantitative estimate of drug-likeness (QED) is 0.488. The number of hydrogen-bond acceptors (Lipinski definition) is 6. The van der Waals surface area contributed by atoms with Crippen LogP contribution in [0.1, 0.15) is 53.7 Å². The van der Waals surface area contributed by atoms with Gasteiger partial charge in [-0.2, -0.15) is 0 Å². The second kappa shape index (κ2) is 7.25. The fourth-order valence-corrected chi connectivity index (χ4v) is 5.04. The molecule has 4 aromatic rings. The summed E-state index contributed by atoms with van der Waals surface area (Å²) < 4.78 is 11.2. The summed E-state index contributed by atoms with van der Waals surface area (Å²) in [5, 5.41) is 16.6. The highest BCUT2D eigenvalue weighted by Gasteiger charge is 2.45. The number of aromatic nitrogens is 4. The summed E-state index contributed by atoms with van der Waals surface area (Å²) in [6.07, 6.45) is 4.77. The van der Waals surface area contributed by atoms with Gasteiger partial charge in [-0.15, -0.1) is 0 Å². The number of aromatic amines is 1. The molecular weight excluding hydrogens is 404 g/mol. The van der Waals surface area contributed by atoms with Crippen LogP contribution in [0.2, 0.25) is 0 Å². The van der Waals surface area contributed by atoms with E-state index in [0.717, 1.165) is 64.3 Å². The van der Waals surface area contributed by atoms with Crippen LogP contribution in [0.25, 0.3) is 22.2 Å². The highest BCUT2D eigenvalue weighted by molar-refractivity contribution is 5.87. The zero-order valence-electron chi connectivity index (χ0n) is 18.3. The molecule has 7 heteroatoms. The van der Waals surface area contributed by atoms with Crippen molar-refractivity contribution in [3.63, 3.8) is 0 Å². The minimum Gasteiger partial charge on any atom is -0.381 e. The SMILES string of the molecule is Cc1noc(C)c1-c1cc(C(O)(c2ccccn2)C2CCOC2)c2nc(C3CC3)[nH]c2c1. The number of rotatable bonds is 5. The Hall–Kier alpha value is -3.03. The minimum atomic E-state index is -1.33. The van der Waals surface area contributed by atoms with Crippen LogP contribution in [-0.2, 0) is 10.3 Å². The number of ether oxygens (including phenoxy) is 1. The van der Waals surface area contributed by atoms with Crippen molar-refractivity contribution in [1.29, 1.82) is 0 Å². The van der Waals surface area contributed by atoms with Crippen LogP contribution in [-0.4, -0.2) is 38.4 Å². The van der Waals surface area contributed by atoms with E-state index in [0.29, 0.717) is 24.8 Å². The van der Waals surface area contributed by atoms with Crippen molar-refractivity contribution >= 4 is 11.0 Å². The fraction of sp³-hybridized carbons (Fsp3) is 0.400. The van der Waals surface area contributed by atoms with E-state index in [1.165, 1.54) is 0 Å². The highest BCUT2D eigenvalue weighted by Crippen LogP contribution is 2.46. The standard InChI is InChI=1S/C25H26N4O3/c1-14-22(15(2)32-29-14)17-11-19(23-20(12-17)27-24(28-23)16-6-7-16)25(30,18-8-10-31-13-18)21-5-3-4-9-26-21/h3-5,9,11-12,16,18,30H,6-8,10,13H2,1-2H3,(H,27,28). The lowest BCUT2D eigenvalue weighted by Gasteiger charge is -2.34. The molecule has 0 bridgehead atoms. The monoisotopic (exact) mass is 430 g/mol. The van der Waals surface area contributed by atoms with Crippen molar-refractivity contribution in [2.24, 2.45) is 5.92 Å². The lowest BCUT2D eigenvalue weighted by molar-refractivity contribution is 0.00838. The van der Waals surface area contributed by atoms with Gasteiger partial charge in [0.15, 0.2) is 0 Å². The number of fused-ring (bicyclic) bond motifs is 1. The van der Waals surface area contributed by atoms with E-state index < -0.39 is 5.60 Å². The predicted molar refractivity (Wildman–Crippen MR) is 119 cm³/mol. The minimum absolute atomic E-state index is 0.124. The molecule has 2 atom stereocenters. The number of nitrogens with zero attached hydrogens (tertiary/aromatic N) is 3. The number of aryl methyl sites for hydroxylation is 2. The van der Waals surface area contributed by atoms with E-state index in [2.05, 4.69) is 21.2 Å². The lowest BCUT2D eigenvalue weighted by atomic mass is 9.76. The van der Waals surface area contributed by atoms with Crippen molar-refractivity contribution in [2.75, 3.05) is 13.2 Å². The number of nitrogens with one attached hydrogen (secondary N) is 1. The number of hydrogen-bond donors (Lipinski definition) is 2. The molecule has 2 N–H and O–H groups in total. The zero-order valence-corrected chi connectivity index (χ0v) is 18.3. The zero-order chi connectivity index (χ0) is 21.9. The van der Waals surface area contributed by atoms with E-state index >= 15 is 0 Å². The molecule has 0 spiro atoms. The summed E-state index contributed by atoms with van der Waals surface area (Å²) in [6.45, 7) is 4.95. The van der Waals surface area contributed by atoms with Gasteiger partial charge < -0.3 is 19.4 Å². The summed E-state index contributed by atoms with van der Waals surface area (Å²) in [5.41, 5.74) is 4.45. The van der Waals surface area contributed by atoms with Crippen LogP contribution < -0.4 is 0 Å². The average molecular weight is 431 g/mol. The first-order valence-electron chi connectivity index (χ1n) is 11.2. The van der Waals surface area contributed by atoms with Gasteiger partial charge in [0, 0.05) is 35.8 Å². The van der Waals surface area contributed by atoms with Crippen molar-refractivity contribution in [1.82, 2.24) is 20.1 Å². The maximum Gasteiger partial charge on any atom is 0.141 e. The molecule has 32 heavy (non-hydrogen) atoms. The van der Waals surface area contributed by atoms with Crippen molar-refractivity contribution in [3.05, 3.63) is 65.1 Å². The Labute approximate surface area is 185 Å². The van der Waals surface area contributed by atoms with Gasteiger partial charge in [0.1, 0.15) is 17.2 Å². The highest BCUT2D eigenvalue weighted by atomic mass is 16.5. The Kier molecular flexibility index (Phi) is 4.45. The topological polar surface area (TPSA) is 97.1 Å². The third-order valence-electron chi connectivity index (χ3n) is 6.88. The first-order valence-corrected chi connectivity index (χ1v) is 11.2. The Morgan fingerprint density at radius 2 is 2.03 bits per heavy atom. The molecule has 1 saturated carbocycles. The molecule has 1 aliphatic heterocycles. The Morgan fingerprint density at radius 1 is 1.16 bits per heavy atom. The van der Waals surface area contributed by atoms with E-state index in [-0.39, 0.29) is 5.92 Å². The van der Waals surface area contributed by atoms with Gasteiger partial charge in [-0.1, -0.05) is 11.2 Å². The smallest absolute Gasteiger partial charge is 0.141 e. The number of imidazole rings is 1. The number of pyridine rings is 1. The van der Waals surface area contributed by atoms with Crippen LogP contribution in [0, 0.1) is 19.8 Å². The molecule has 1 saturated heterocycles. The van der Waals surface area contributed by atoms with Gasteiger partial charge in [-0.05, 0) is 62.9 Å². The van der Waals surface area contributed by atoms with Crippen molar-refractivity contribution < 1.29 is 14.4 Å². The number of benzene rings is 1. The third kappa shape index (κ3) is 2.99. The molecule has 0 amide bonds. The van der Waals surface area contributed by atoms with Crippen molar-refractivity contribution in [3.8, 4) is 11.1 Å². The molecule has 7 nitrogen and oxygen atoms in total. The van der Waals surface area contributed by atoms with Gasteiger partial charge in [0.2, 0.25) is 0 Å². The Balaban J connectivity index is 1.65. The largest absolute Gasteiger partial charge is 0.381 e. The second-order valence-corrected chi connectivity index (χ2v) is 9.06. The third-order valence-corrected chi connectivity index (χ3v) is 6.88. The Bertz CT molecular complexity index is 1270. The van der Waals surface area contributed by atoms with Crippen LogP contribution in [0.5, 0.6) is 0 Å². The maximum atomic E-state index is 12.4. The molecule has 3 aromatic heterocycles. The molecule has 2 aliphatic rings. The normalized spacial score (nSPS) is 20.7. The summed E-state index contributed by atoms with van der Waals surface area (Å²) in [6, 6.07) is 9.80.